The summed E-state index contributed by atoms with van der Waals surface area (Å²) in [6.07, 6.45) is 0.544. The molecule has 0 aromatic heterocycles. The van der Waals surface area contributed by atoms with Gasteiger partial charge in [-0.2, -0.15) is 0 Å². The smallest absolute Gasteiger partial charge is 0.259 e. The summed E-state index contributed by atoms with van der Waals surface area (Å²) in [6, 6.07) is 24.3. The van der Waals surface area contributed by atoms with Crippen molar-refractivity contribution >= 4 is 34.8 Å². The van der Waals surface area contributed by atoms with Crippen LogP contribution in [0.5, 0.6) is 0 Å². The molecule has 3 aromatic carbocycles. The van der Waals surface area contributed by atoms with Crippen LogP contribution in [0, 0.1) is 0 Å². The molecule has 0 aliphatic carbocycles. The van der Waals surface area contributed by atoms with E-state index in [2.05, 4.69) is 4.90 Å². The van der Waals surface area contributed by atoms with Crippen LogP contribution in [-0.4, -0.2) is 48.9 Å². The molecule has 0 saturated carbocycles. The Morgan fingerprint density at radius 3 is 2.28 bits per heavy atom. The molecule has 1 saturated heterocycles. The standard InChI is InChI=1S/C26H24ClN3O2/c27-21-10-6-11-22(18-21)28-13-15-29(16-14-28)26(32)24-17-20-9-4-5-12-23(20)30(24)25(31)19-7-2-1-3-8-19/h1-12,18,24H,13-17H2/t24-/m0/s1. The van der Waals surface area contributed by atoms with Gasteiger partial charge in [-0.25, -0.2) is 0 Å². The predicted octanol–water partition coefficient (Wildman–Crippen LogP) is 4.26. The lowest BCUT2D eigenvalue weighted by Gasteiger charge is -2.38. The zero-order chi connectivity index (χ0) is 22.1. The summed E-state index contributed by atoms with van der Waals surface area (Å²) in [4.78, 5) is 32.8. The lowest BCUT2D eigenvalue weighted by molar-refractivity contribution is -0.132. The van der Waals surface area contributed by atoms with Crippen molar-refractivity contribution in [1.29, 1.82) is 0 Å². The first-order chi connectivity index (χ1) is 15.6. The molecule has 2 heterocycles. The molecule has 6 heteroatoms. The summed E-state index contributed by atoms with van der Waals surface area (Å²) >= 11 is 6.14. The third kappa shape index (κ3) is 3.84. The van der Waals surface area contributed by atoms with Crippen molar-refractivity contribution < 1.29 is 9.59 Å². The Morgan fingerprint density at radius 2 is 1.53 bits per heavy atom. The fraction of sp³-hybridized carbons (Fsp3) is 0.231. The molecule has 0 bridgehead atoms. The van der Waals surface area contributed by atoms with Gasteiger partial charge in [0, 0.05) is 54.6 Å². The van der Waals surface area contributed by atoms with E-state index in [1.54, 1.807) is 17.0 Å². The summed E-state index contributed by atoms with van der Waals surface area (Å²) < 4.78 is 0. The number of anilines is 2. The van der Waals surface area contributed by atoms with Crippen LogP contribution in [0.4, 0.5) is 11.4 Å². The van der Waals surface area contributed by atoms with Gasteiger partial charge in [0.1, 0.15) is 6.04 Å². The van der Waals surface area contributed by atoms with Gasteiger partial charge in [-0.1, -0.05) is 54.1 Å². The summed E-state index contributed by atoms with van der Waals surface area (Å²) in [5, 5.41) is 0.708. The number of rotatable bonds is 3. The van der Waals surface area contributed by atoms with E-state index in [0.717, 1.165) is 30.0 Å². The van der Waals surface area contributed by atoms with Crippen molar-refractivity contribution in [3.8, 4) is 0 Å². The van der Waals surface area contributed by atoms with E-state index in [9.17, 15) is 9.59 Å². The van der Waals surface area contributed by atoms with Gasteiger partial charge >= 0.3 is 0 Å². The molecular formula is C26H24ClN3O2. The van der Waals surface area contributed by atoms with E-state index in [1.165, 1.54) is 0 Å². The molecular weight excluding hydrogens is 422 g/mol. The molecule has 5 rings (SSSR count). The molecule has 1 atom stereocenters. The van der Waals surface area contributed by atoms with Crippen molar-refractivity contribution in [3.05, 3.63) is 95.0 Å². The topological polar surface area (TPSA) is 43.9 Å². The summed E-state index contributed by atoms with van der Waals surface area (Å²) in [7, 11) is 0. The minimum atomic E-state index is -0.516. The lowest BCUT2D eigenvalue weighted by atomic mass is 10.1. The lowest BCUT2D eigenvalue weighted by Crippen LogP contribution is -2.55. The van der Waals surface area contributed by atoms with Crippen LogP contribution in [0.1, 0.15) is 15.9 Å². The second kappa shape index (κ2) is 8.67. The molecule has 32 heavy (non-hydrogen) atoms. The summed E-state index contributed by atoms with van der Waals surface area (Å²) in [5.74, 6) is -0.123. The third-order valence-corrected chi connectivity index (χ3v) is 6.50. The van der Waals surface area contributed by atoms with Crippen LogP contribution in [0.25, 0.3) is 0 Å². The average molecular weight is 446 g/mol. The van der Waals surface area contributed by atoms with Gasteiger partial charge in [-0.05, 0) is 42.0 Å². The fourth-order valence-electron chi connectivity index (χ4n) is 4.62. The molecule has 0 unspecified atom stereocenters. The molecule has 2 amide bonds. The number of piperazine rings is 1. The molecule has 3 aromatic rings. The number of fused-ring (bicyclic) bond motifs is 1. The second-order valence-corrected chi connectivity index (χ2v) is 8.62. The van der Waals surface area contributed by atoms with Crippen LogP contribution in [-0.2, 0) is 11.2 Å². The number of carbonyl (C=O) groups excluding carboxylic acids is 2. The van der Waals surface area contributed by atoms with E-state index < -0.39 is 6.04 Å². The van der Waals surface area contributed by atoms with Crippen LogP contribution < -0.4 is 9.80 Å². The Hall–Kier alpha value is -3.31. The van der Waals surface area contributed by atoms with Crippen molar-refractivity contribution in [1.82, 2.24) is 4.90 Å². The van der Waals surface area contributed by atoms with E-state index in [-0.39, 0.29) is 11.8 Å². The first-order valence-corrected chi connectivity index (χ1v) is 11.3. The third-order valence-electron chi connectivity index (χ3n) is 6.27. The van der Waals surface area contributed by atoms with Crippen LogP contribution in [0.3, 0.4) is 0 Å². The second-order valence-electron chi connectivity index (χ2n) is 8.18. The van der Waals surface area contributed by atoms with Crippen LogP contribution in [0.15, 0.2) is 78.9 Å². The first kappa shape index (κ1) is 20.6. The van der Waals surface area contributed by atoms with Gasteiger partial charge in [0.05, 0.1) is 0 Å². The van der Waals surface area contributed by atoms with Crippen molar-refractivity contribution in [2.24, 2.45) is 0 Å². The van der Waals surface area contributed by atoms with E-state index in [1.807, 2.05) is 71.6 Å². The van der Waals surface area contributed by atoms with Crippen molar-refractivity contribution in [2.45, 2.75) is 12.5 Å². The van der Waals surface area contributed by atoms with Crippen molar-refractivity contribution in [3.63, 3.8) is 0 Å². The molecule has 0 radical (unpaired) electrons. The highest BCUT2D eigenvalue weighted by molar-refractivity contribution is 6.30. The predicted molar refractivity (Wildman–Crippen MR) is 127 cm³/mol. The molecule has 0 N–H and O–H groups in total. The van der Waals surface area contributed by atoms with Gasteiger partial charge in [0.25, 0.3) is 5.91 Å². The number of hydrogen-bond donors (Lipinski definition) is 0. The number of halogens is 1. The highest BCUT2D eigenvalue weighted by atomic mass is 35.5. The van der Waals surface area contributed by atoms with Gasteiger partial charge in [0.2, 0.25) is 5.91 Å². The Labute approximate surface area is 192 Å². The minimum Gasteiger partial charge on any atom is -0.368 e. The average Bonchev–Trinajstić information content (AvgIpc) is 3.23. The van der Waals surface area contributed by atoms with Gasteiger partial charge in [-0.3, -0.25) is 14.5 Å². The van der Waals surface area contributed by atoms with Gasteiger partial charge < -0.3 is 9.80 Å². The number of para-hydroxylation sites is 1. The number of nitrogens with zero attached hydrogens (tertiary/aromatic N) is 3. The van der Waals surface area contributed by atoms with Gasteiger partial charge in [0.15, 0.2) is 0 Å². The Balaban J connectivity index is 1.35. The molecule has 2 aliphatic rings. The zero-order valence-corrected chi connectivity index (χ0v) is 18.4. The number of carbonyl (C=O) groups is 2. The van der Waals surface area contributed by atoms with E-state index in [0.29, 0.717) is 30.1 Å². The van der Waals surface area contributed by atoms with Gasteiger partial charge in [-0.15, -0.1) is 0 Å². The first-order valence-electron chi connectivity index (χ1n) is 10.9. The Morgan fingerprint density at radius 1 is 0.812 bits per heavy atom. The quantitative estimate of drug-likeness (QED) is 0.605. The maximum absolute atomic E-state index is 13.6. The maximum atomic E-state index is 13.6. The fourth-order valence-corrected chi connectivity index (χ4v) is 4.81. The monoisotopic (exact) mass is 445 g/mol. The van der Waals surface area contributed by atoms with E-state index >= 15 is 0 Å². The highest BCUT2D eigenvalue weighted by Gasteiger charge is 2.41. The van der Waals surface area contributed by atoms with E-state index in [4.69, 9.17) is 11.6 Å². The Bertz CT molecular complexity index is 1140. The largest absolute Gasteiger partial charge is 0.368 e. The molecule has 1 fully saturated rings. The zero-order valence-electron chi connectivity index (χ0n) is 17.7. The molecule has 5 nitrogen and oxygen atoms in total. The molecule has 0 spiro atoms. The normalized spacial score (nSPS) is 17.9. The number of benzene rings is 3. The SMILES string of the molecule is O=C([C@@H]1Cc2ccccc2N1C(=O)c1ccccc1)N1CCN(c2cccc(Cl)c2)CC1. The number of hydrogen-bond acceptors (Lipinski definition) is 3. The summed E-state index contributed by atoms with van der Waals surface area (Å²) in [5.41, 5.74) is 3.52. The minimum absolute atomic E-state index is 0.0104. The molecule has 2 aliphatic heterocycles. The van der Waals surface area contributed by atoms with Crippen LogP contribution >= 0.6 is 11.6 Å². The Kier molecular flexibility index (Phi) is 5.58. The highest BCUT2D eigenvalue weighted by Crippen LogP contribution is 2.34. The molecule has 162 valence electrons. The number of amides is 2. The van der Waals surface area contributed by atoms with Crippen molar-refractivity contribution in [2.75, 3.05) is 36.0 Å². The summed E-state index contributed by atoms with van der Waals surface area (Å²) in [6.45, 7) is 2.70. The van der Waals surface area contributed by atoms with Crippen LogP contribution in [0.2, 0.25) is 5.02 Å². The maximum Gasteiger partial charge on any atom is 0.259 e.